The fraction of sp³-hybridized carbons (Fsp3) is 0.480. The van der Waals surface area contributed by atoms with Crippen molar-refractivity contribution in [3.63, 3.8) is 0 Å². The van der Waals surface area contributed by atoms with Crippen LogP contribution in [0.25, 0.3) is 0 Å². The molecule has 34 heavy (non-hydrogen) atoms. The van der Waals surface area contributed by atoms with Gasteiger partial charge in [0.25, 0.3) is 0 Å². The van der Waals surface area contributed by atoms with E-state index in [-0.39, 0.29) is 19.4 Å². The molecule has 1 saturated heterocycles. The zero-order valence-corrected chi connectivity index (χ0v) is 19.8. The van der Waals surface area contributed by atoms with Crippen LogP contribution in [0, 0.1) is 11.3 Å². The molecule has 1 heterocycles. The Balaban J connectivity index is 1.75. The van der Waals surface area contributed by atoms with E-state index in [9.17, 15) is 19.2 Å². The third-order valence-corrected chi connectivity index (χ3v) is 6.32. The van der Waals surface area contributed by atoms with Crippen molar-refractivity contribution in [3.8, 4) is 11.8 Å². The van der Waals surface area contributed by atoms with E-state index in [1.54, 1.807) is 35.3 Å². The first kappa shape index (κ1) is 25.7. The zero-order valence-electron chi connectivity index (χ0n) is 19.1. The molecule has 7 nitrogen and oxygen atoms in total. The van der Waals surface area contributed by atoms with E-state index >= 15 is 0 Å². The number of carbonyl (C=O) groups is 2. The summed E-state index contributed by atoms with van der Waals surface area (Å²) >= 11 is 6.31. The monoisotopic (exact) mass is 488 g/mol. The highest BCUT2D eigenvalue weighted by atomic mass is 35.5. The topological polar surface area (TPSA) is 94.5 Å². The van der Waals surface area contributed by atoms with E-state index in [2.05, 4.69) is 29.9 Å². The minimum Gasteiger partial charge on any atom is -0.488 e. The van der Waals surface area contributed by atoms with Gasteiger partial charge in [0.15, 0.2) is 0 Å². The lowest BCUT2D eigenvalue weighted by atomic mass is 10.0. The second kappa shape index (κ2) is 11.5. The summed E-state index contributed by atoms with van der Waals surface area (Å²) < 4.78 is 19.6. The fourth-order valence-electron chi connectivity index (χ4n) is 3.99. The molecule has 9 heteroatoms. The van der Waals surface area contributed by atoms with Crippen LogP contribution < -0.4 is 15.4 Å². The standard InChI is InChI=1S/C25H30ClFN4O3/c1-3-5-10-31-15-18(27)14-21(31)24(33)29-20(23(32)30-25(16-28)8-9-25)13-17-6-7-22(19(26)12-17)34-11-4-2/h3-4,6-7,12,18,20-21H,1-2,5,8-11,13-15H2,(H,29,33)(H,30,32)/t18-,20-,21?/m0/s1. The lowest BCUT2D eigenvalue weighted by Crippen LogP contribution is -2.55. The number of hydrogen-bond acceptors (Lipinski definition) is 5. The van der Waals surface area contributed by atoms with Crippen LogP contribution in [-0.4, -0.2) is 60.2 Å². The maximum absolute atomic E-state index is 14.1. The lowest BCUT2D eigenvalue weighted by Gasteiger charge is -2.26. The van der Waals surface area contributed by atoms with Crippen molar-refractivity contribution in [1.82, 2.24) is 15.5 Å². The second-order valence-electron chi connectivity index (χ2n) is 8.73. The molecule has 0 radical (unpaired) electrons. The smallest absolute Gasteiger partial charge is 0.244 e. The average Bonchev–Trinajstić information content (AvgIpc) is 3.48. The van der Waals surface area contributed by atoms with Crippen LogP contribution in [0.3, 0.4) is 0 Å². The molecule has 2 amide bonds. The first-order chi connectivity index (χ1) is 16.3. The average molecular weight is 489 g/mol. The number of likely N-dealkylation sites (tertiary alicyclic amines) is 1. The summed E-state index contributed by atoms with van der Waals surface area (Å²) in [5, 5.41) is 15.3. The summed E-state index contributed by atoms with van der Waals surface area (Å²) in [5.74, 6) is -0.388. The number of nitriles is 1. The summed E-state index contributed by atoms with van der Waals surface area (Å²) in [4.78, 5) is 28.0. The van der Waals surface area contributed by atoms with Crippen molar-refractivity contribution in [3.05, 3.63) is 54.1 Å². The normalized spacial score (nSPS) is 21.7. The number of halogens is 2. The lowest BCUT2D eigenvalue weighted by molar-refractivity contribution is -0.131. The van der Waals surface area contributed by atoms with Gasteiger partial charge in [-0.2, -0.15) is 5.26 Å². The molecule has 2 fully saturated rings. The predicted molar refractivity (Wildman–Crippen MR) is 128 cm³/mol. The number of rotatable bonds is 12. The van der Waals surface area contributed by atoms with Crippen molar-refractivity contribution in [2.75, 3.05) is 19.7 Å². The molecule has 1 saturated carbocycles. The number of alkyl halides is 1. The first-order valence-electron chi connectivity index (χ1n) is 11.4. The third kappa shape index (κ3) is 6.58. The molecule has 2 N–H and O–H groups in total. The second-order valence-corrected chi connectivity index (χ2v) is 9.14. The Hall–Kier alpha value is -2.89. The van der Waals surface area contributed by atoms with Crippen molar-refractivity contribution in [1.29, 1.82) is 5.26 Å². The largest absolute Gasteiger partial charge is 0.488 e. The number of nitrogens with one attached hydrogen (secondary N) is 2. The van der Waals surface area contributed by atoms with E-state index in [0.717, 1.165) is 0 Å². The van der Waals surface area contributed by atoms with Gasteiger partial charge >= 0.3 is 0 Å². The molecule has 3 atom stereocenters. The molecule has 0 aromatic heterocycles. The van der Waals surface area contributed by atoms with Gasteiger partial charge in [0.2, 0.25) is 11.8 Å². The minimum absolute atomic E-state index is 0.0701. The Morgan fingerprint density at radius 1 is 1.38 bits per heavy atom. The van der Waals surface area contributed by atoms with Crippen molar-refractivity contribution in [2.45, 2.75) is 55.9 Å². The molecule has 1 aromatic rings. The summed E-state index contributed by atoms with van der Waals surface area (Å²) in [7, 11) is 0. The van der Waals surface area contributed by atoms with Gasteiger partial charge in [0.05, 0.1) is 17.1 Å². The maximum Gasteiger partial charge on any atom is 0.244 e. The molecule has 2 aliphatic rings. The van der Waals surface area contributed by atoms with Crippen LogP contribution in [0.5, 0.6) is 5.75 Å². The Bertz CT molecular complexity index is 975. The highest BCUT2D eigenvalue weighted by Crippen LogP contribution is 2.34. The predicted octanol–water partition coefficient (Wildman–Crippen LogP) is 3.09. The number of amides is 2. The van der Waals surface area contributed by atoms with Gasteiger partial charge in [0.1, 0.15) is 30.1 Å². The minimum atomic E-state index is -1.11. The molecule has 1 aliphatic heterocycles. The summed E-state index contributed by atoms with van der Waals surface area (Å²) in [6.07, 6.45) is 4.20. The summed E-state index contributed by atoms with van der Waals surface area (Å²) in [6, 6.07) is 5.63. The van der Waals surface area contributed by atoms with Crippen LogP contribution >= 0.6 is 11.6 Å². The molecular weight excluding hydrogens is 459 g/mol. The maximum atomic E-state index is 14.1. The highest BCUT2D eigenvalue weighted by molar-refractivity contribution is 6.32. The Morgan fingerprint density at radius 3 is 2.76 bits per heavy atom. The molecule has 3 rings (SSSR count). The Morgan fingerprint density at radius 2 is 2.15 bits per heavy atom. The SMILES string of the molecule is C=CCCN1C[C@@H](F)CC1C(=O)N[C@@H](Cc1ccc(OCC=C)c(Cl)c1)C(=O)NC1(C#N)CC1. The molecule has 1 aliphatic carbocycles. The number of carbonyl (C=O) groups excluding carboxylic acids is 2. The van der Waals surface area contributed by atoms with E-state index in [0.29, 0.717) is 48.7 Å². The fourth-order valence-corrected chi connectivity index (χ4v) is 4.25. The van der Waals surface area contributed by atoms with E-state index < -0.39 is 35.6 Å². The van der Waals surface area contributed by atoms with Crippen LogP contribution in [0.4, 0.5) is 4.39 Å². The molecular formula is C25H30ClFN4O3. The molecule has 182 valence electrons. The summed E-state index contributed by atoms with van der Waals surface area (Å²) in [6.45, 7) is 8.27. The van der Waals surface area contributed by atoms with Crippen LogP contribution in [0.1, 0.15) is 31.2 Å². The van der Waals surface area contributed by atoms with Gasteiger partial charge in [-0.25, -0.2) is 4.39 Å². The van der Waals surface area contributed by atoms with Gasteiger partial charge in [-0.1, -0.05) is 36.4 Å². The molecule has 1 unspecified atom stereocenters. The van der Waals surface area contributed by atoms with E-state index in [1.807, 2.05) is 0 Å². The van der Waals surface area contributed by atoms with Crippen molar-refractivity contribution in [2.24, 2.45) is 0 Å². The molecule has 1 aromatic carbocycles. The van der Waals surface area contributed by atoms with Gasteiger partial charge in [0, 0.05) is 25.9 Å². The number of hydrogen-bond donors (Lipinski definition) is 2. The molecule has 0 bridgehead atoms. The van der Waals surface area contributed by atoms with Crippen LogP contribution in [0.2, 0.25) is 5.02 Å². The number of benzene rings is 1. The van der Waals surface area contributed by atoms with Crippen LogP contribution in [0.15, 0.2) is 43.5 Å². The van der Waals surface area contributed by atoms with Crippen molar-refractivity contribution >= 4 is 23.4 Å². The highest BCUT2D eigenvalue weighted by Gasteiger charge is 2.46. The van der Waals surface area contributed by atoms with Gasteiger partial charge in [-0.05, 0) is 37.0 Å². The van der Waals surface area contributed by atoms with E-state index in [4.69, 9.17) is 16.3 Å². The third-order valence-electron chi connectivity index (χ3n) is 6.03. The number of ether oxygens (including phenoxy) is 1. The van der Waals surface area contributed by atoms with E-state index in [1.165, 1.54) is 0 Å². The van der Waals surface area contributed by atoms with Crippen LogP contribution in [-0.2, 0) is 16.0 Å². The first-order valence-corrected chi connectivity index (χ1v) is 11.7. The van der Waals surface area contributed by atoms with Gasteiger partial charge in [-0.3, -0.25) is 14.5 Å². The summed E-state index contributed by atoms with van der Waals surface area (Å²) in [5.41, 5.74) is -0.176. The Kier molecular flexibility index (Phi) is 8.70. The van der Waals surface area contributed by atoms with Crippen molar-refractivity contribution < 1.29 is 18.7 Å². The zero-order chi connectivity index (χ0) is 24.7. The van der Waals surface area contributed by atoms with Gasteiger partial charge < -0.3 is 15.4 Å². The van der Waals surface area contributed by atoms with Gasteiger partial charge in [-0.15, -0.1) is 6.58 Å². The number of nitrogens with zero attached hydrogens (tertiary/aromatic N) is 2. The molecule has 0 spiro atoms. The quantitative estimate of drug-likeness (QED) is 0.441. The Labute approximate surface area is 204 Å².